The van der Waals surface area contributed by atoms with Gasteiger partial charge in [-0.15, -0.1) is 0 Å². The van der Waals surface area contributed by atoms with Gasteiger partial charge >= 0.3 is 11.9 Å². The van der Waals surface area contributed by atoms with Gasteiger partial charge < -0.3 is 24.1 Å². The molecule has 0 aliphatic heterocycles. The number of phenolic OH excluding ortho intramolecular Hbond substituents is 1. The van der Waals surface area contributed by atoms with Gasteiger partial charge in [0.2, 0.25) is 0 Å². The lowest BCUT2D eigenvalue weighted by Gasteiger charge is -2.18. The second kappa shape index (κ2) is 8.21. The minimum Gasteiger partial charge on any atom is -0.507 e. The monoisotopic (exact) mass is 388 g/mol. The molecule has 0 unspecified atom stereocenters. The fourth-order valence-corrected chi connectivity index (χ4v) is 3.06. The van der Waals surface area contributed by atoms with Crippen LogP contribution in [-0.4, -0.2) is 38.4 Å². The van der Waals surface area contributed by atoms with Crippen molar-refractivity contribution in [3.05, 3.63) is 45.5 Å². The van der Waals surface area contributed by atoms with Crippen molar-refractivity contribution < 1.29 is 33.6 Å². The standard InChI is InChI=1S/C21H24O7/c1-10-9-15(12(3)18(22)16(10)20(23)27-7)28-21(24)17-11(2)8-14(25-5)13(4)19(17)26-6/h8-9,22H,1-7H3. The molecular formula is C21H24O7. The summed E-state index contributed by atoms with van der Waals surface area (Å²) >= 11 is 0. The molecule has 0 aliphatic carbocycles. The first-order valence-corrected chi connectivity index (χ1v) is 8.53. The summed E-state index contributed by atoms with van der Waals surface area (Å²) in [6.45, 7) is 6.69. The Kier molecular flexibility index (Phi) is 6.18. The summed E-state index contributed by atoms with van der Waals surface area (Å²) in [5.74, 6) is -0.511. The molecule has 1 N–H and O–H groups in total. The number of carbonyl (C=O) groups is 2. The average Bonchev–Trinajstić information content (AvgIpc) is 2.66. The number of aryl methyl sites for hydroxylation is 2. The maximum Gasteiger partial charge on any atom is 0.347 e. The van der Waals surface area contributed by atoms with E-state index < -0.39 is 11.9 Å². The van der Waals surface area contributed by atoms with Gasteiger partial charge in [0.15, 0.2) is 0 Å². The van der Waals surface area contributed by atoms with Gasteiger partial charge in [0.25, 0.3) is 0 Å². The van der Waals surface area contributed by atoms with Gasteiger partial charge in [-0.25, -0.2) is 9.59 Å². The fourth-order valence-electron chi connectivity index (χ4n) is 3.06. The van der Waals surface area contributed by atoms with Crippen LogP contribution in [0.1, 0.15) is 43.0 Å². The van der Waals surface area contributed by atoms with Crippen LogP contribution in [-0.2, 0) is 4.74 Å². The van der Waals surface area contributed by atoms with Crippen molar-refractivity contribution in [2.24, 2.45) is 0 Å². The quantitative estimate of drug-likeness (QED) is 0.617. The van der Waals surface area contributed by atoms with Crippen molar-refractivity contribution in [3.8, 4) is 23.0 Å². The molecule has 7 nitrogen and oxygen atoms in total. The topological polar surface area (TPSA) is 91.3 Å². The molecule has 0 aliphatic rings. The van der Waals surface area contributed by atoms with Crippen LogP contribution < -0.4 is 14.2 Å². The first-order valence-electron chi connectivity index (χ1n) is 8.53. The van der Waals surface area contributed by atoms with Crippen LogP contribution in [0.4, 0.5) is 0 Å². The summed E-state index contributed by atoms with van der Waals surface area (Å²) in [6.07, 6.45) is 0. The minimum absolute atomic E-state index is 0.0360. The van der Waals surface area contributed by atoms with E-state index in [-0.39, 0.29) is 28.2 Å². The summed E-state index contributed by atoms with van der Waals surface area (Å²) in [4.78, 5) is 24.8. The number of ether oxygens (including phenoxy) is 4. The van der Waals surface area contributed by atoms with Crippen LogP contribution in [0, 0.1) is 27.7 Å². The number of carbonyl (C=O) groups excluding carboxylic acids is 2. The highest BCUT2D eigenvalue weighted by Crippen LogP contribution is 2.37. The Morgan fingerprint density at radius 2 is 1.36 bits per heavy atom. The summed E-state index contributed by atoms with van der Waals surface area (Å²) < 4.78 is 20.9. The number of benzene rings is 2. The molecule has 0 heterocycles. The molecule has 2 aromatic carbocycles. The smallest absolute Gasteiger partial charge is 0.347 e. The van der Waals surface area contributed by atoms with E-state index in [1.807, 2.05) is 0 Å². The van der Waals surface area contributed by atoms with Gasteiger partial charge in [-0.05, 0) is 51.0 Å². The number of hydrogen-bond donors (Lipinski definition) is 1. The maximum absolute atomic E-state index is 12.9. The summed E-state index contributed by atoms with van der Waals surface area (Å²) in [7, 11) is 4.23. The van der Waals surface area contributed by atoms with Crippen molar-refractivity contribution in [3.63, 3.8) is 0 Å². The van der Waals surface area contributed by atoms with E-state index in [1.165, 1.54) is 27.4 Å². The van der Waals surface area contributed by atoms with E-state index in [1.54, 1.807) is 33.8 Å². The van der Waals surface area contributed by atoms with Crippen LogP contribution in [0.5, 0.6) is 23.0 Å². The van der Waals surface area contributed by atoms with Gasteiger partial charge in [-0.1, -0.05) is 0 Å². The van der Waals surface area contributed by atoms with Crippen molar-refractivity contribution in [2.45, 2.75) is 27.7 Å². The van der Waals surface area contributed by atoms with E-state index in [9.17, 15) is 14.7 Å². The van der Waals surface area contributed by atoms with E-state index in [0.29, 0.717) is 28.2 Å². The fraction of sp³-hybridized carbons (Fsp3) is 0.333. The maximum atomic E-state index is 12.9. The first-order chi connectivity index (χ1) is 13.2. The van der Waals surface area contributed by atoms with Crippen LogP contribution >= 0.6 is 0 Å². The molecule has 0 atom stereocenters. The highest BCUT2D eigenvalue weighted by molar-refractivity contribution is 5.98. The van der Waals surface area contributed by atoms with Crippen molar-refractivity contribution >= 4 is 11.9 Å². The average molecular weight is 388 g/mol. The van der Waals surface area contributed by atoms with E-state index in [2.05, 4.69) is 4.74 Å². The number of phenols is 1. The van der Waals surface area contributed by atoms with E-state index >= 15 is 0 Å². The second-order valence-electron chi connectivity index (χ2n) is 6.35. The van der Waals surface area contributed by atoms with Gasteiger partial charge in [-0.2, -0.15) is 0 Å². The molecule has 0 saturated carbocycles. The van der Waals surface area contributed by atoms with Crippen LogP contribution in [0.25, 0.3) is 0 Å². The number of methoxy groups -OCH3 is 3. The zero-order valence-corrected chi connectivity index (χ0v) is 17.1. The Morgan fingerprint density at radius 3 is 1.89 bits per heavy atom. The molecule has 0 amide bonds. The lowest BCUT2D eigenvalue weighted by atomic mass is 10.0. The third-order valence-corrected chi connectivity index (χ3v) is 4.60. The normalized spacial score (nSPS) is 10.4. The molecule has 0 bridgehead atoms. The molecule has 0 fully saturated rings. The number of rotatable bonds is 5. The number of aromatic hydroxyl groups is 1. The lowest BCUT2D eigenvalue weighted by molar-refractivity contribution is 0.0596. The Hall–Kier alpha value is -3.22. The van der Waals surface area contributed by atoms with Crippen LogP contribution in [0.3, 0.4) is 0 Å². The summed E-state index contributed by atoms with van der Waals surface area (Å²) in [6, 6.07) is 3.24. The third-order valence-electron chi connectivity index (χ3n) is 4.60. The summed E-state index contributed by atoms with van der Waals surface area (Å²) in [5, 5.41) is 10.4. The van der Waals surface area contributed by atoms with Crippen LogP contribution in [0.2, 0.25) is 0 Å². The largest absolute Gasteiger partial charge is 0.507 e. The Labute approximate surface area is 163 Å². The molecule has 150 valence electrons. The molecule has 0 aromatic heterocycles. The molecule has 2 rings (SSSR count). The second-order valence-corrected chi connectivity index (χ2v) is 6.35. The minimum atomic E-state index is -0.667. The predicted octanol–water partition coefficient (Wildman–Crippen LogP) is 3.65. The molecular weight excluding hydrogens is 364 g/mol. The van der Waals surface area contributed by atoms with Crippen LogP contribution in [0.15, 0.2) is 12.1 Å². The Bertz CT molecular complexity index is 945. The Morgan fingerprint density at radius 1 is 0.786 bits per heavy atom. The zero-order chi connectivity index (χ0) is 21.2. The third kappa shape index (κ3) is 3.60. The van der Waals surface area contributed by atoms with Gasteiger partial charge in [0, 0.05) is 11.1 Å². The molecule has 7 heteroatoms. The Balaban J connectivity index is 2.52. The van der Waals surface area contributed by atoms with Gasteiger partial charge in [0.1, 0.15) is 34.1 Å². The highest BCUT2D eigenvalue weighted by atomic mass is 16.5. The van der Waals surface area contributed by atoms with E-state index in [0.717, 1.165) is 0 Å². The van der Waals surface area contributed by atoms with Crippen molar-refractivity contribution in [1.29, 1.82) is 0 Å². The predicted molar refractivity (Wildman–Crippen MR) is 103 cm³/mol. The first kappa shape index (κ1) is 21.1. The molecule has 0 saturated heterocycles. The van der Waals surface area contributed by atoms with E-state index in [4.69, 9.17) is 14.2 Å². The molecule has 0 spiro atoms. The number of esters is 2. The van der Waals surface area contributed by atoms with Gasteiger partial charge in [0.05, 0.1) is 21.3 Å². The lowest BCUT2D eigenvalue weighted by Crippen LogP contribution is -2.15. The number of hydrogen-bond acceptors (Lipinski definition) is 7. The van der Waals surface area contributed by atoms with Gasteiger partial charge in [-0.3, -0.25) is 0 Å². The zero-order valence-electron chi connectivity index (χ0n) is 17.1. The van der Waals surface area contributed by atoms with Crippen molar-refractivity contribution in [1.82, 2.24) is 0 Å². The molecule has 0 radical (unpaired) electrons. The highest BCUT2D eigenvalue weighted by Gasteiger charge is 2.25. The molecule has 28 heavy (non-hydrogen) atoms. The summed E-state index contributed by atoms with van der Waals surface area (Å²) in [5.41, 5.74) is 2.25. The molecule has 2 aromatic rings. The van der Waals surface area contributed by atoms with Crippen molar-refractivity contribution in [2.75, 3.05) is 21.3 Å². The SMILES string of the molecule is COC(=O)c1c(C)cc(OC(=O)c2c(C)cc(OC)c(C)c2OC)c(C)c1O.